The zero-order chi connectivity index (χ0) is 22.3. The summed E-state index contributed by atoms with van der Waals surface area (Å²) in [7, 11) is -3.73. The summed E-state index contributed by atoms with van der Waals surface area (Å²) in [5, 5.41) is 6.90. The van der Waals surface area contributed by atoms with Crippen LogP contribution in [0.5, 0.6) is 5.75 Å². The van der Waals surface area contributed by atoms with Crippen LogP contribution in [0.25, 0.3) is 0 Å². The SMILES string of the molecule is Cc1ccc(S(=O)(=O)NN=Cc2ccc(OCC(=O)Nc3ccccc3Cl)cc2)cc1. The van der Waals surface area contributed by atoms with Crippen LogP contribution < -0.4 is 14.9 Å². The fourth-order valence-corrected chi connectivity index (χ4v) is 3.46. The number of hydrogen-bond acceptors (Lipinski definition) is 5. The van der Waals surface area contributed by atoms with Crippen molar-refractivity contribution in [2.75, 3.05) is 11.9 Å². The van der Waals surface area contributed by atoms with Gasteiger partial charge in [0.15, 0.2) is 6.61 Å². The van der Waals surface area contributed by atoms with Gasteiger partial charge in [0, 0.05) is 0 Å². The monoisotopic (exact) mass is 457 g/mol. The van der Waals surface area contributed by atoms with E-state index in [2.05, 4.69) is 15.2 Å². The number of nitrogens with one attached hydrogen (secondary N) is 2. The zero-order valence-corrected chi connectivity index (χ0v) is 18.2. The predicted molar refractivity (Wildman–Crippen MR) is 121 cm³/mol. The van der Waals surface area contributed by atoms with Crippen molar-refractivity contribution in [2.24, 2.45) is 5.10 Å². The Morgan fingerprint density at radius 1 is 1.03 bits per heavy atom. The van der Waals surface area contributed by atoms with Crippen LogP contribution in [-0.2, 0) is 14.8 Å². The second-order valence-electron chi connectivity index (χ2n) is 6.55. The van der Waals surface area contributed by atoms with Crippen molar-refractivity contribution in [1.29, 1.82) is 0 Å². The smallest absolute Gasteiger partial charge is 0.276 e. The lowest BCUT2D eigenvalue weighted by atomic mass is 10.2. The van der Waals surface area contributed by atoms with Gasteiger partial charge in [0.2, 0.25) is 0 Å². The lowest BCUT2D eigenvalue weighted by Crippen LogP contribution is -2.20. The Hall–Kier alpha value is -3.36. The van der Waals surface area contributed by atoms with Crippen LogP contribution in [-0.4, -0.2) is 27.1 Å². The Morgan fingerprint density at radius 2 is 1.71 bits per heavy atom. The maximum absolute atomic E-state index is 12.2. The molecule has 3 aromatic carbocycles. The maximum atomic E-state index is 12.2. The van der Waals surface area contributed by atoms with Crippen LogP contribution in [0.1, 0.15) is 11.1 Å². The molecular formula is C22H20ClN3O4S. The molecule has 0 atom stereocenters. The summed E-state index contributed by atoms with van der Waals surface area (Å²) in [6, 6.07) is 20.0. The third-order valence-corrected chi connectivity index (χ3v) is 5.68. The summed E-state index contributed by atoms with van der Waals surface area (Å²) in [6.45, 7) is 1.69. The molecule has 0 heterocycles. The number of rotatable bonds is 8. The quantitative estimate of drug-likeness (QED) is 0.395. The molecule has 3 rings (SSSR count). The average Bonchev–Trinajstić information content (AvgIpc) is 2.75. The average molecular weight is 458 g/mol. The molecule has 0 spiro atoms. The molecular weight excluding hydrogens is 438 g/mol. The molecule has 31 heavy (non-hydrogen) atoms. The summed E-state index contributed by atoms with van der Waals surface area (Å²) in [4.78, 5) is 14.3. The second-order valence-corrected chi connectivity index (χ2v) is 8.62. The summed E-state index contributed by atoms with van der Waals surface area (Å²) >= 11 is 6.00. The number of amides is 1. The highest BCUT2D eigenvalue weighted by Crippen LogP contribution is 2.20. The van der Waals surface area contributed by atoms with Crippen molar-refractivity contribution in [3.05, 3.63) is 88.9 Å². The van der Waals surface area contributed by atoms with Crippen molar-refractivity contribution >= 4 is 39.4 Å². The number of ether oxygens (including phenoxy) is 1. The number of sulfonamides is 1. The van der Waals surface area contributed by atoms with Gasteiger partial charge in [-0.15, -0.1) is 0 Å². The number of hydrazone groups is 1. The van der Waals surface area contributed by atoms with Gasteiger partial charge in [-0.2, -0.15) is 13.5 Å². The summed E-state index contributed by atoms with van der Waals surface area (Å²) in [6.07, 6.45) is 1.37. The van der Waals surface area contributed by atoms with Crippen molar-refractivity contribution in [3.63, 3.8) is 0 Å². The first-order valence-electron chi connectivity index (χ1n) is 9.22. The van der Waals surface area contributed by atoms with Crippen LogP contribution in [0.15, 0.2) is 82.8 Å². The molecule has 0 aromatic heterocycles. The van der Waals surface area contributed by atoms with Crippen molar-refractivity contribution in [3.8, 4) is 5.75 Å². The molecule has 0 unspecified atom stereocenters. The molecule has 0 saturated heterocycles. The van der Waals surface area contributed by atoms with Crippen LogP contribution in [0.4, 0.5) is 5.69 Å². The number of benzene rings is 3. The minimum Gasteiger partial charge on any atom is -0.484 e. The Kier molecular flexibility index (Phi) is 7.28. The van der Waals surface area contributed by atoms with Gasteiger partial charge in [-0.3, -0.25) is 4.79 Å². The number of hydrogen-bond donors (Lipinski definition) is 2. The van der Waals surface area contributed by atoms with E-state index in [9.17, 15) is 13.2 Å². The van der Waals surface area contributed by atoms with Gasteiger partial charge in [-0.05, 0) is 61.0 Å². The van der Waals surface area contributed by atoms with Gasteiger partial charge in [0.05, 0.1) is 21.8 Å². The van der Waals surface area contributed by atoms with E-state index in [4.69, 9.17) is 16.3 Å². The van der Waals surface area contributed by atoms with E-state index >= 15 is 0 Å². The molecule has 0 radical (unpaired) electrons. The highest BCUT2D eigenvalue weighted by Gasteiger charge is 2.11. The molecule has 0 aliphatic heterocycles. The number of aryl methyl sites for hydroxylation is 1. The summed E-state index contributed by atoms with van der Waals surface area (Å²) in [5.74, 6) is 0.135. The fourth-order valence-electron chi connectivity index (χ4n) is 2.49. The highest BCUT2D eigenvalue weighted by atomic mass is 35.5. The number of anilines is 1. The highest BCUT2D eigenvalue weighted by molar-refractivity contribution is 7.89. The van der Waals surface area contributed by atoms with E-state index in [1.807, 2.05) is 6.92 Å². The number of halogens is 1. The molecule has 1 amide bonds. The third kappa shape index (κ3) is 6.56. The fraction of sp³-hybridized carbons (Fsp3) is 0.0909. The third-order valence-electron chi connectivity index (χ3n) is 4.12. The molecule has 7 nitrogen and oxygen atoms in total. The molecule has 3 aromatic rings. The lowest BCUT2D eigenvalue weighted by Gasteiger charge is -2.08. The molecule has 0 aliphatic rings. The molecule has 0 fully saturated rings. The molecule has 0 aliphatic carbocycles. The van der Waals surface area contributed by atoms with E-state index in [0.29, 0.717) is 22.0 Å². The molecule has 2 N–H and O–H groups in total. The van der Waals surface area contributed by atoms with Gasteiger partial charge in [0.25, 0.3) is 15.9 Å². The first-order chi connectivity index (χ1) is 14.8. The van der Waals surface area contributed by atoms with Crippen LogP contribution >= 0.6 is 11.6 Å². The number of para-hydroxylation sites is 1. The molecule has 0 bridgehead atoms. The molecule has 0 saturated carbocycles. The Balaban J connectivity index is 1.51. The van der Waals surface area contributed by atoms with E-state index in [1.54, 1.807) is 60.7 Å². The molecule has 160 valence electrons. The molecule has 9 heteroatoms. The van der Waals surface area contributed by atoms with E-state index in [0.717, 1.165) is 5.56 Å². The van der Waals surface area contributed by atoms with E-state index < -0.39 is 10.0 Å². The zero-order valence-electron chi connectivity index (χ0n) is 16.6. The normalized spacial score (nSPS) is 11.3. The van der Waals surface area contributed by atoms with Gasteiger partial charge in [-0.25, -0.2) is 4.83 Å². The summed E-state index contributed by atoms with van der Waals surface area (Å²) in [5.41, 5.74) is 2.13. The van der Waals surface area contributed by atoms with E-state index in [1.165, 1.54) is 18.3 Å². The van der Waals surface area contributed by atoms with E-state index in [-0.39, 0.29) is 17.4 Å². The van der Waals surface area contributed by atoms with Crippen molar-refractivity contribution in [2.45, 2.75) is 11.8 Å². The van der Waals surface area contributed by atoms with Crippen LogP contribution in [0.3, 0.4) is 0 Å². The first-order valence-corrected chi connectivity index (χ1v) is 11.1. The van der Waals surface area contributed by atoms with Crippen molar-refractivity contribution in [1.82, 2.24) is 4.83 Å². The first kappa shape index (κ1) is 22.3. The van der Waals surface area contributed by atoms with Gasteiger partial charge < -0.3 is 10.1 Å². The lowest BCUT2D eigenvalue weighted by molar-refractivity contribution is -0.118. The second kappa shape index (κ2) is 10.1. The number of nitrogens with zero attached hydrogens (tertiary/aromatic N) is 1. The van der Waals surface area contributed by atoms with Gasteiger partial charge in [-0.1, -0.05) is 41.4 Å². The van der Waals surface area contributed by atoms with Crippen molar-refractivity contribution < 1.29 is 17.9 Å². The van der Waals surface area contributed by atoms with Gasteiger partial charge >= 0.3 is 0 Å². The Labute approximate surface area is 185 Å². The Morgan fingerprint density at radius 3 is 2.39 bits per heavy atom. The summed E-state index contributed by atoms with van der Waals surface area (Å²) < 4.78 is 29.8. The van der Waals surface area contributed by atoms with Gasteiger partial charge in [0.1, 0.15) is 5.75 Å². The topological polar surface area (TPSA) is 96.9 Å². The Bertz CT molecular complexity index is 1180. The minimum atomic E-state index is -3.73. The number of carbonyl (C=O) groups is 1. The van der Waals surface area contributed by atoms with Crippen LogP contribution in [0, 0.1) is 6.92 Å². The predicted octanol–water partition coefficient (Wildman–Crippen LogP) is 3.98. The maximum Gasteiger partial charge on any atom is 0.276 e. The van der Waals surface area contributed by atoms with Crippen LogP contribution in [0.2, 0.25) is 5.02 Å². The number of carbonyl (C=O) groups excluding carboxylic acids is 1. The standard InChI is InChI=1S/C22H20ClN3O4S/c1-16-6-12-19(13-7-16)31(28,29)26-24-14-17-8-10-18(11-9-17)30-15-22(27)25-21-5-3-2-4-20(21)23/h2-14,26H,15H2,1H3,(H,25,27). The minimum absolute atomic E-state index is 0.133. The largest absolute Gasteiger partial charge is 0.484 e.